The molecule has 2 rings (SSSR count). The highest BCUT2D eigenvalue weighted by Crippen LogP contribution is 2.41. The second-order valence-electron chi connectivity index (χ2n) is 4.38. The summed E-state index contributed by atoms with van der Waals surface area (Å²) in [6.07, 6.45) is 0.807. The molecule has 0 heterocycles. The fourth-order valence-electron chi connectivity index (χ4n) is 2.10. The Labute approximate surface area is 122 Å². The van der Waals surface area contributed by atoms with Crippen LogP contribution in [0.15, 0.2) is 46.2 Å². The van der Waals surface area contributed by atoms with Crippen molar-refractivity contribution in [3.63, 3.8) is 0 Å². The topological polar surface area (TPSA) is 61.3 Å². The SMILES string of the molecule is COC1=C(F)C(N)(c2ccc(Br)cc2F)C(N)C(F)=C1. The maximum absolute atomic E-state index is 14.4. The summed E-state index contributed by atoms with van der Waals surface area (Å²) in [7, 11) is 1.16. The van der Waals surface area contributed by atoms with Crippen LogP contribution >= 0.6 is 15.9 Å². The van der Waals surface area contributed by atoms with E-state index in [-0.39, 0.29) is 5.56 Å². The third kappa shape index (κ3) is 2.15. The summed E-state index contributed by atoms with van der Waals surface area (Å²) in [5.41, 5.74) is 9.12. The molecule has 4 N–H and O–H groups in total. The van der Waals surface area contributed by atoms with Gasteiger partial charge in [0.2, 0.25) is 0 Å². The largest absolute Gasteiger partial charge is 0.494 e. The molecule has 0 bridgehead atoms. The molecule has 2 atom stereocenters. The van der Waals surface area contributed by atoms with Crippen LogP contribution in [-0.4, -0.2) is 13.2 Å². The Hall–Kier alpha value is -1.31. The molecule has 0 aromatic heterocycles. The minimum absolute atomic E-state index is 0.247. The molecule has 7 heteroatoms. The molecule has 0 amide bonds. The van der Waals surface area contributed by atoms with Gasteiger partial charge in [0.1, 0.15) is 17.2 Å². The van der Waals surface area contributed by atoms with Gasteiger partial charge in [-0.2, -0.15) is 0 Å². The van der Waals surface area contributed by atoms with Gasteiger partial charge >= 0.3 is 0 Å². The van der Waals surface area contributed by atoms with Gasteiger partial charge in [0.25, 0.3) is 0 Å². The van der Waals surface area contributed by atoms with Crippen LogP contribution in [0.1, 0.15) is 5.56 Å². The van der Waals surface area contributed by atoms with Gasteiger partial charge < -0.3 is 16.2 Å². The van der Waals surface area contributed by atoms with Crippen LogP contribution in [0.4, 0.5) is 13.2 Å². The van der Waals surface area contributed by atoms with Crippen molar-refractivity contribution in [2.24, 2.45) is 11.5 Å². The van der Waals surface area contributed by atoms with E-state index in [0.29, 0.717) is 4.47 Å². The Morgan fingerprint density at radius 2 is 1.95 bits per heavy atom. The third-order valence-corrected chi connectivity index (χ3v) is 3.73. The Kier molecular flexibility index (Phi) is 3.95. The highest BCUT2D eigenvalue weighted by atomic mass is 79.9. The Morgan fingerprint density at radius 3 is 2.50 bits per heavy atom. The number of hydrogen-bond acceptors (Lipinski definition) is 3. The molecule has 1 aliphatic carbocycles. The van der Waals surface area contributed by atoms with Crippen molar-refractivity contribution in [2.45, 2.75) is 11.6 Å². The predicted molar refractivity (Wildman–Crippen MR) is 72.3 cm³/mol. The van der Waals surface area contributed by atoms with E-state index in [1.54, 1.807) is 0 Å². The van der Waals surface area contributed by atoms with Crippen LogP contribution in [-0.2, 0) is 10.3 Å². The minimum Gasteiger partial charge on any atom is -0.494 e. The van der Waals surface area contributed by atoms with Crippen LogP contribution in [0.25, 0.3) is 0 Å². The molecule has 3 nitrogen and oxygen atoms in total. The van der Waals surface area contributed by atoms with E-state index in [9.17, 15) is 13.2 Å². The van der Waals surface area contributed by atoms with Gasteiger partial charge in [0, 0.05) is 16.1 Å². The molecule has 1 aliphatic rings. The highest BCUT2D eigenvalue weighted by Gasteiger charge is 2.47. The predicted octanol–water partition coefficient (Wildman–Crippen LogP) is 2.76. The summed E-state index contributed by atoms with van der Waals surface area (Å²) in [4.78, 5) is 0. The maximum atomic E-state index is 14.4. The molecule has 0 spiro atoms. The van der Waals surface area contributed by atoms with Crippen molar-refractivity contribution in [1.82, 2.24) is 0 Å². The zero-order valence-corrected chi connectivity index (χ0v) is 12.0. The quantitative estimate of drug-likeness (QED) is 0.863. The average Bonchev–Trinajstić information content (AvgIpc) is 2.40. The van der Waals surface area contributed by atoms with Crippen molar-refractivity contribution in [1.29, 1.82) is 0 Å². The lowest BCUT2D eigenvalue weighted by Gasteiger charge is -2.36. The van der Waals surface area contributed by atoms with Crippen molar-refractivity contribution in [3.05, 3.63) is 57.5 Å². The molecule has 1 aromatic carbocycles. The maximum Gasteiger partial charge on any atom is 0.168 e. The van der Waals surface area contributed by atoms with Crippen LogP contribution < -0.4 is 11.5 Å². The van der Waals surface area contributed by atoms with E-state index in [0.717, 1.165) is 19.3 Å². The molecular formula is C13H12BrF3N2O. The Bertz CT molecular complexity index is 618. The first-order valence-corrected chi connectivity index (χ1v) is 6.43. The summed E-state index contributed by atoms with van der Waals surface area (Å²) < 4.78 is 47.5. The summed E-state index contributed by atoms with van der Waals surface area (Å²) >= 11 is 3.08. The third-order valence-electron chi connectivity index (χ3n) is 3.23. The number of rotatable bonds is 2. The van der Waals surface area contributed by atoms with Crippen molar-refractivity contribution < 1.29 is 17.9 Å². The number of benzene rings is 1. The van der Waals surface area contributed by atoms with Crippen LogP contribution in [0.2, 0.25) is 0 Å². The van der Waals surface area contributed by atoms with Crippen LogP contribution in [0, 0.1) is 5.82 Å². The van der Waals surface area contributed by atoms with E-state index in [2.05, 4.69) is 15.9 Å². The number of nitrogens with two attached hydrogens (primary N) is 2. The number of methoxy groups -OCH3 is 1. The molecule has 2 unspecified atom stereocenters. The van der Waals surface area contributed by atoms with E-state index < -0.39 is 34.8 Å². The smallest absolute Gasteiger partial charge is 0.168 e. The number of hydrogen-bond donors (Lipinski definition) is 2. The summed E-state index contributed by atoms with van der Waals surface area (Å²) in [6, 6.07) is 2.28. The molecule has 108 valence electrons. The van der Waals surface area contributed by atoms with E-state index in [1.165, 1.54) is 12.1 Å². The first kappa shape index (κ1) is 15.1. The van der Waals surface area contributed by atoms with Crippen molar-refractivity contribution >= 4 is 15.9 Å². The van der Waals surface area contributed by atoms with Gasteiger partial charge in [-0.05, 0) is 12.1 Å². The van der Waals surface area contributed by atoms with Gasteiger partial charge in [0.05, 0.1) is 13.2 Å². The number of halogens is 4. The summed E-state index contributed by atoms with van der Waals surface area (Å²) in [5, 5.41) is 0. The lowest BCUT2D eigenvalue weighted by atomic mass is 9.79. The lowest BCUT2D eigenvalue weighted by molar-refractivity contribution is 0.236. The second-order valence-corrected chi connectivity index (χ2v) is 5.30. The van der Waals surface area contributed by atoms with Gasteiger partial charge in [-0.1, -0.05) is 22.0 Å². The second kappa shape index (κ2) is 5.23. The molecular weight excluding hydrogens is 337 g/mol. The fraction of sp³-hybridized carbons (Fsp3) is 0.231. The average molecular weight is 349 g/mol. The molecule has 0 radical (unpaired) electrons. The molecule has 20 heavy (non-hydrogen) atoms. The van der Waals surface area contributed by atoms with E-state index in [4.69, 9.17) is 16.2 Å². The molecule has 0 saturated heterocycles. The summed E-state index contributed by atoms with van der Waals surface area (Å²) in [6.45, 7) is 0. The van der Waals surface area contributed by atoms with Crippen LogP contribution in [0.3, 0.4) is 0 Å². The number of ether oxygens (including phenoxy) is 1. The highest BCUT2D eigenvalue weighted by molar-refractivity contribution is 9.10. The van der Waals surface area contributed by atoms with Crippen molar-refractivity contribution in [2.75, 3.05) is 7.11 Å². The minimum atomic E-state index is -2.16. The monoisotopic (exact) mass is 348 g/mol. The standard InChI is InChI=1S/C13H12BrF3N2O/c1-20-10-5-9(16)12(18)13(19,11(10)17)7-3-2-6(14)4-8(7)15/h2-5,12H,18-19H2,1H3. The van der Waals surface area contributed by atoms with E-state index >= 15 is 0 Å². The molecule has 1 aromatic rings. The Morgan fingerprint density at radius 1 is 1.30 bits per heavy atom. The first-order chi connectivity index (χ1) is 9.32. The molecule has 0 fully saturated rings. The van der Waals surface area contributed by atoms with Gasteiger partial charge in [-0.25, -0.2) is 13.2 Å². The normalized spacial score (nSPS) is 26.6. The van der Waals surface area contributed by atoms with Crippen LogP contribution in [0.5, 0.6) is 0 Å². The van der Waals surface area contributed by atoms with Gasteiger partial charge in [-0.15, -0.1) is 0 Å². The van der Waals surface area contributed by atoms with Crippen molar-refractivity contribution in [3.8, 4) is 0 Å². The van der Waals surface area contributed by atoms with Gasteiger partial charge in [-0.3, -0.25) is 0 Å². The fourth-order valence-corrected chi connectivity index (χ4v) is 2.43. The van der Waals surface area contributed by atoms with Gasteiger partial charge in [0.15, 0.2) is 11.6 Å². The summed E-state index contributed by atoms with van der Waals surface area (Å²) in [5.74, 6) is -3.10. The van der Waals surface area contributed by atoms with E-state index in [1.807, 2.05) is 0 Å². The lowest BCUT2D eigenvalue weighted by Crippen LogP contribution is -2.55. The molecule has 0 saturated carbocycles. The zero-order chi connectivity index (χ0) is 15.1. The molecule has 0 aliphatic heterocycles. The first-order valence-electron chi connectivity index (χ1n) is 5.63. The number of allylic oxidation sites excluding steroid dienone is 1. The zero-order valence-electron chi connectivity index (χ0n) is 10.5. The Balaban J connectivity index is 2.68.